The second kappa shape index (κ2) is 8.35. The van der Waals surface area contributed by atoms with Crippen LogP contribution in [-0.4, -0.2) is 25.8 Å². The Morgan fingerprint density at radius 2 is 2.00 bits per heavy atom. The highest BCUT2D eigenvalue weighted by atomic mass is 32.1. The van der Waals surface area contributed by atoms with E-state index in [1.807, 2.05) is 23.6 Å². The van der Waals surface area contributed by atoms with E-state index in [-0.39, 0.29) is 11.9 Å². The number of carbonyl (C=O) groups excluding carboxylic acids is 1. The van der Waals surface area contributed by atoms with Crippen LogP contribution in [0, 0.1) is 6.92 Å². The third-order valence-electron chi connectivity index (χ3n) is 3.80. The van der Waals surface area contributed by atoms with Crippen molar-refractivity contribution in [3.8, 4) is 0 Å². The molecule has 3 aromatic rings. The molecule has 3 rings (SSSR count). The number of rotatable bonds is 6. The summed E-state index contributed by atoms with van der Waals surface area (Å²) < 4.78 is 0. The second-order valence-corrected chi connectivity index (χ2v) is 6.75. The first-order chi connectivity index (χ1) is 12.6. The Hall–Kier alpha value is -3.06. The van der Waals surface area contributed by atoms with Crippen molar-refractivity contribution < 1.29 is 4.79 Å². The van der Waals surface area contributed by atoms with Gasteiger partial charge in [0, 0.05) is 35.1 Å². The summed E-state index contributed by atoms with van der Waals surface area (Å²) in [6.07, 6.45) is 8.11. The van der Waals surface area contributed by atoms with Gasteiger partial charge in [-0.15, -0.1) is 11.3 Å². The number of aromatic nitrogens is 3. The fourth-order valence-electron chi connectivity index (χ4n) is 2.35. The van der Waals surface area contributed by atoms with Crippen LogP contribution in [-0.2, 0) is 17.9 Å². The number of nitrogens with two attached hydrogens (primary N) is 1. The van der Waals surface area contributed by atoms with Crippen molar-refractivity contribution >= 4 is 29.3 Å². The monoisotopic (exact) mass is 365 g/mol. The predicted molar refractivity (Wildman–Crippen MR) is 103 cm³/mol. The van der Waals surface area contributed by atoms with Crippen LogP contribution in [0.3, 0.4) is 0 Å². The van der Waals surface area contributed by atoms with Crippen LogP contribution in [0.1, 0.15) is 21.7 Å². The van der Waals surface area contributed by atoms with E-state index in [0.29, 0.717) is 13.1 Å². The van der Waals surface area contributed by atoms with Gasteiger partial charge in [0.15, 0.2) is 0 Å². The number of nitrogen functional groups attached to an aromatic ring is 1. The van der Waals surface area contributed by atoms with Gasteiger partial charge in [-0.1, -0.05) is 6.07 Å². The van der Waals surface area contributed by atoms with E-state index in [2.05, 4.69) is 27.9 Å². The highest BCUT2D eigenvalue weighted by molar-refractivity contribution is 7.10. The van der Waals surface area contributed by atoms with Crippen molar-refractivity contribution in [2.75, 3.05) is 5.73 Å². The number of aryl methyl sites for hydroxylation is 1. The molecule has 0 saturated carbocycles. The minimum Gasteiger partial charge on any atom is -0.368 e. The molecule has 2 N–H and O–H groups in total. The number of anilines is 1. The quantitative estimate of drug-likeness (QED) is 0.679. The minimum atomic E-state index is -0.0970. The highest BCUT2D eigenvalue weighted by Crippen LogP contribution is 2.19. The molecular weight excluding hydrogens is 346 g/mol. The molecule has 6 nitrogen and oxygen atoms in total. The van der Waals surface area contributed by atoms with Gasteiger partial charge in [-0.05, 0) is 42.1 Å². The molecule has 0 bridgehead atoms. The second-order valence-electron chi connectivity index (χ2n) is 5.75. The van der Waals surface area contributed by atoms with Gasteiger partial charge in [0.1, 0.15) is 0 Å². The average molecular weight is 365 g/mol. The molecule has 0 aliphatic rings. The van der Waals surface area contributed by atoms with Gasteiger partial charge in [0.25, 0.3) is 0 Å². The standard InChI is InChI=1S/C19H19N5OS/c1-14-7-9-26-17(14)13-24(12-16-4-2-3-8-21-16)18(25)6-5-15-10-22-19(20)23-11-15/h2-11H,12-13H2,1H3,(H2,20,22,23)/b6-5+. The molecule has 0 atom stereocenters. The Labute approximate surface area is 156 Å². The zero-order chi connectivity index (χ0) is 18.4. The third kappa shape index (κ3) is 4.73. The summed E-state index contributed by atoms with van der Waals surface area (Å²) in [5.41, 5.74) is 8.23. The molecule has 1 amide bonds. The molecule has 0 aliphatic carbocycles. The van der Waals surface area contributed by atoms with Gasteiger partial charge in [-0.25, -0.2) is 9.97 Å². The van der Waals surface area contributed by atoms with Crippen LogP contribution in [0.15, 0.2) is 54.3 Å². The molecule has 0 radical (unpaired) electrons. The minimum absolute atomic E-state index is 0.0970. The molecule has 0 spiro atoms. The summed E-state index contributed by atoms with van der Waals surface area (Å²) in [5, 5.41) is 2.04. The number of hydrogen-bond donors (Lipinski definition) is 1. The van der Waals surface area contributed by atoms with E-state index in [1.54, 1.807) is 40.9 Å². The molecule has 0 fully saturated rings. The lowest BCUT2D eigenvalue weighted by molar-refractivity contribution is -0.127. The van der Waals surface area contributed by atoms with Crippen LogP contribution in [0.2, 0.25) is 0 Å². The summed E-state index contributed by atoms with van der Waals surface area (Å²) in [6.45, 7) is 3.04. The first kappa shape index (κ1) is 17.8. The van der Waals surface area contributed by atoms with Crippen molar-refractivity contribution in [3.05, 3.63) is 76.0 Å². The van der Waals surface area contributed by atoms with Gasteiger partial charge in [0.2, 0.25) is 11.9 Å². The van der Waals surface area contributed by atoms with Gasteiger partial charge >= 0.3 is 0 Å². The van der Waals surface area contributed by atoms with E-state index < -0.39 is 0 Å². The first-order valence-electron chi connectivity index (χ1n) is 8.09. The zero-order valence-electron chi connectivity index (χ0n) is 14.4. The summed E-state index contributed by atoms with van der Waals surface area (Å²) in [6, 6.07) is 7.76. The van der Waals surface area contributed by atoms with Crippen molar-refractivity contribution in [1.82, 2.24) is 19.9 Å². The Kier molecular flexibility index (Phi) is 5.70. The molecule has 3 aromatic heterocycles. The maximum absolute atomic E-state index is 12.8. The number of nitrogens with zero attached hydrogens (tertiary/aromatic N) is 4. The molecule has 0 aromatic carbocycles. The fraction of sp³-hybridized carbons (Fsp3) is 0.158. The third-order valence-corrected chi connectivity index (χ3v) is 4.81. The van der Waals surface area contributed by atoms with Crippen LogP contribution < -0.4 is 5.73 Å². The average Bonchev–Trinajstić information content (AvgIpc) is 3.06. The summed E-state index contributed by atoms with van der Waals surface area (Å²) in [4.78, 5) is 27.9. The lowest BCUT2D eigenvalue weighted by Crippen LogP contribution is -2.28. The van der Waals surface area contributed by atoms with Crippen LogP contribution >= 0.6 is 11.3 Å². The highest BCUT2D eigenvalue weighted by Gasteiger charge is 2.14. The van der Waals surface area contributed by atoms with Crippen LogP contribution in [0.5, 0.6) is 0 Å². The number of hydrogen-bond acceptors (Lipinski definition) is 6. The van der Waals surface area contributed by atoms with E-state index in [0.717, 1.165) is 11.3 Å². The predicted octanol–water partition coefficient (Wildman–Crippen LogP) is 3.07. The Bertz CT molecular complexity index is 890. The summed E-state index contributed by atoms with van der Waals surface area (Å²) in [7, 11) is 0. The maximum atomic E-state index is 12.8. The molecule has 0 unspecified atom stereocenters. The van der Waals surface area contributed by atoms with Gasteiger partial charge in [-0.3, -0.25) is 9.78 Å². The Morgan fingerprint density at radius 1 is 1.19 bits per heavy atom. The zero-order valence-corrected chi connectivity index (χ0v) is 15.2. The van der Waals surface area contributed by atoms with E-state index >= 15 is 0 Å². The van der Waals surface area contributed by atoms with Crippen LogP contribution in [0.4, 0.5) is 5.95 Å². The SMILES string of the molecule is Cc1ccsc1CN(Cc1ccccn1)C(=O)/C=C/c1cnc(N)nc1. The van der Waals surface area contributed by atoms with Crippen molar-refractivity contribution in [2.24, 2.45) is 0 Å². The van der Waals surface area contributed by atoms with Crippen molar-refractivity contribution in [2.45, 2.75) is 20.0 Å². The van der Waals surface area contributed by atoms with E-state index in [9.17, 15) is 4.79 Å². The smallest absolute Gasteiger partial charge is 0.247 e. The number of amides is 1. The van der Waals surface area contributed by atoms with Gasteiger partial charge < -0.3 is 10.6 Å². The van der Waals surface area contributed by atoms with E-state index in [4.69, 9.17) is 5.73 Å². The topological polar surface area (TPSA) is 85.0 Å². The largest absolute Gasteiger partial charge is 0.368 e. The molecular formula is C19H19N5OS. The Morgan fingerprint density at radius 3 is 2.65 bits per heavy atom. The molecule has 26 heavy (non-hydrogen) atoms. The van der Waals surface area contributed by atoms with E-state index in [1.165, 1.54) is 16.5 Å². The fourth-order valence-corrected chi connectivity index (χ4v) is 3.27. The number of carbonyl (C=O) groups is 1. The number of thiophene rings is 1. The molecule has 7 heteroatoms. The van der Waals surface area contributed by atoms with Gasteiger partial charge in [-0.2, -0.15) is 0 Å². The number of pyridine rings is 1. The summed E-state index contributed by atoms with van der Waals surface area (Å²) in [5.74, 6) is 0.110. The molecule has 0 aliphatic heterocycles. The van der Waals surface area contributed by atoms with Gasteiger partial charge in [0.05, 0.1) is 18.8 Å². The first-order valence-corrected chi connectivity index (χ1v) is 8.97. The Balaban J connectivity index is 1.78. The van der Waals surface area contributed by atoms with Crippen LogP contribution in [0.25, 0.3) is 6.08 Å². The summed E-state index contributed by atoms with van der Waals surface area (Å²) >= 11 is 1.65. The maximum Gasteiger partial charge on any atom is 0.247 e. The molecule has 132 valence electrons. The molecule has 3 heterocycles. The normalized spacial score (nSPS) is 11.0. The lowest BCUT2D eigenvalue weighted by Gasteiger charge is -2.20. The molecule has 0 saturated heterocycles. The lowest BCUT2D eigenvalue weighted by atomic mass is 10.2. The van der Waals surface area contributed by atoms with Crippen molar-refractivity contribution in [3.63, 3.8) is 0 Å². The van der Waals surface area contributed by atoms with Crippen molar-refractivity contribution in [1.29, 1.82) is 0 Å².